The summed E-state index contributed by atoms with van der Waals surface area (Å²) in [5.74, 6) is -1.59. The molecule has 0 aliphatic carbocycles. The van der Waals surface area contributed by atoms with Gasteiger partial charge in [0.15, 0.2) is 6.61 Å². The van der Waals surface area contributed by atoms with Crippen LogP contribution in [0.2, 0.25) is 0 Å². The first-order valence-electron chi connectivity index (χ1n) is 4.90. The molecule has 0 radical (unpaired) electrons. The maximum absolute atomic E-state index is 11.7. The van der Waals surface area contributed by atoms with Gasteiger partial charge in [0.05, 0.1) is 12.7 Å². The number of ether oxygens (including phenoxy) is 2. The van der Waals surface area contributed by atoms with E-state index in [-0.39, 0.29) is 17.7 Å². The van der Waals surface area contributed by atoms with Crippen LogP contribution in [-0.2, 0) is 14.3 Å². The van der Waals surface area contributed by atoms with Crippen molar-refractivity contribution < 1.29 is 23.9 Å². The summed E-state index contributed by atoms with van der Waals surface area (Å²) in [6.07, 6.45) is 0. The molecule has 17 heavy (non-hydrogen) atoms. The Bertz CT molecular complexity index is 450. The van der Waals surface area contributed by atoms with Crippen molar-refractivity contribution in [3.8, 4) is 0 Å². The van der Waals surface area contributed by atoms with E-state index in [9.17, 15) is 14.4 Å². The number of carbonyl (C=O) groups is 3. The fraction of sp³-hybridized carbons (Fsp3) is 0.250. The molecule has 90 valence electrons. The topological polar surface area (TPSA) is 69.7 Å². The monoisotopic (exact) mass is 236 g/mol. The Hall–Kier alpha value is -2.17. The molecule has 1 aromatic rings. The van der Waals surface area contributed by atoms with Gasteiger partial charge < -0.3 is 9.47 Å². The van der Waals surface area contributed by atoms with E-state index in [1.54, 1.807) is 12.1 Å². The smallest absolute Gasteiger partial charge is 0.338 e. The minimum absolute atomic E-state index is 0.159. The molecule has 0 aliphatic rings. The average molecular weight is 236 g/mol. The molecule has 0 N–H and O–H groups in total. The van der Waals surface area contributed by atoms with E-state index in [0.717, 1.165) is 0 Å². The van der Waals surface area contributed by atoms with Crippen LogP contribution in [0.5, 0.6) is 0 Å². The number of carbonyl (C=O) groups excluding carboxylic acids is 3. The molecule has 0 bridgehead atoms. The van der Waals surface area contributed by atoms with Crippen LogP contribution in [0, 0.1) is 0 Å². The summed E-state index contributed by atoms with van der Waals surface area (Å²) in [4.78, 5) is 33.7. The van der Waals surface area contributed by atoms with Crippen LogP contribution in [0.3, 0.4) is 0 Å². The SMILES string of the molecule is COC(=O)c1ccccc1C(=O)COC(C)=O. The lowest BCUT2D eigenvalue weighted by Crippen LogP contribution is -2.16. The van der Waals surface area contributed by atoms with Gasteiger partial charge >= 0.3 is 11.9 Å². The summed E-state index contributed by atoms with van der Waals surface area (Å²) in [6.45, 7) is 0.822. The van der Waals surface area contributed by atoms with Crippen LogP contribution in [0.25, 0.3) is 0 Å². The van der Waals surface area contributed by atoms with Gasteiger partial charge in [0.25, 0.3) is 0 Å². The second-order valence-corrected chi connectivity index (χ2v) is 3.24. The van der Waals surface area contributed by atoms with Gasteiger partial charge in [0.2, 0.25) is 5.78 Å². The van der Waals surface area contributed by atoms with E-state index < -0.39 is 17.7 Å². The highest BCUT2D eigenvalue weighted by atomic mass is 16.5. The Morgan fingerprint density at radius 1 is 1.12 bits per heavy atom. The number of esters is 2. The summed E-state index contributed by atoms with van der Waals surface area (Å²) in [5, 5.41) is 0. The van der Waals surface area contributed by atoms with Crippen LogP contribution in [0.1, 0.15) is 27.6 Å². The number of ketones is 1. The predicted molar refractivity (Wildman–Crippen MR) is 58.7 cm³/mol. The highest BCUT2D eigenvalue weighted by Crippen LogP contribution is 2.11. The van der Waals surface area contributed by atoms with E-state index in [4.69, 9.17) is 0 Å². The van der Waals surface area contributed by atoms with Crippen molar-refractivity contribution >= 4 is 17.7 Å². The lowest BCUT2D eigenvalue weighted by molar-refractivity contribution is -0.139. The third-order valence-corrected chi connectivity index (χ3v) is 2.04. The van der Waals surface area contributed by atoms with E-state index >= 15 is 0 Å². The third-order valence-electron chi connectivity index (χ3n) is 2.04. The van der Waals surface area contributed by atoms with Crippen molar-refractivity contribution in [1.29, 1.82) is 0 Å². The number of hydrogen-bond acceptors (Lipinski definition) is 5. The second-order valence-electron chi connectivity index (χ2n) is 3.24. The first-order chi connectivity index (χ1) is 8.06. The third kappa shape index (κ3) is 3.41. The fourth-order valence-electron chi connectivity index (χ4n) is 1.26. The molecule has 0 aromatic heterocycles. The van der Waals surface area contributed by atoms with Crippen molar-refractivity contribution in [3.05, 3.63) is 35.4 Å². The lowest BCUT2D eigenvalue weighted by atomic mass is 10.0. The Kier molecular flexibility index (Phi) is 4.39. The summed E-state index contributed by atoms with van der Waals surface area (Å²) in [5.41, 5.74) is 0.341. The Morgan fingerprint density at radius 2 is 1.71 bits per heavy atom. The molecule has 0 unspecified atom stereocenters. The van der Waals surface area contributed by atoms with Crippen molar-refractivity contribution in [1.82, 2.24) is 0 Å². The van der Waals surface area contributed by atoms with Crippen LogP contribution >= 0.6 is 0 Å². The maximum atomic E-state index is 11.7. The highest BCUT2D eigenvalue weighted by molar-refractivity contribution is 6.07. The fourth-order valence-corrected chi connectivity index (χ4v) is 1.26. The summed E-state index contributed by atoms with van der Waals surface area (Å²) in [6, 6.07) is 6.20. The summed E-state index contributed by atoms with van der Waals surface area (Å²) >= 11 is 0. The van der Waals surface area contributed by atoms with E-state index in [1.165, 1.54) is 26.2 Å². The minimum Gasteiger partial charge on any atom is -0.465 e. The Labute approximate surface area is 98.3 Å². The summed E-state index contributed by atoms with van der Waals surface area (Å²) < 4.78 is 9.14. The Morgan fingerprint density at radius 3 is 2.24 bits per heavy atom. The highest BCUT2D eigenvalue weighted by Gasteiger charge is 2.17. The van der Waals surface area contributed by atoms with Crippen molar-refractivity contribution in [3.63, 3.8) is 0 Å². The van der Waals surface area contributed by atoms with Crippen LogP contribution < -0.4 is 0 Å². The van der Waals surface area contributed by atoms with Gasteiger partial charge in [0.1, 0.15) is 0 Å². The number of hydrogen-bond donors (Lipinski definition) is 0. The maximum Gasteiger partial charge on any atom is 0.338 e. The number of methoxy groups -OCH3 is 1. The summed E-state index contributed by atoms with van der Waals surface area (Å²) in [7, 11) is 1.23. The predicted octanol–water partition coefficient (Wildman–Crippen LogP) is 1.22. The molecule has 0 heterocycles. The van der Waals surface area contributed by atoms with Crippen molar-refractivity contribution in [2.45, 2.75) is 6.92 Å². The molecule has 0 amide bonds. The second kappa shape index (κ2) is 5.79. The van der Waals surface area contributed by atoms with Gasteiger partial charge in [-0.05, 0) is 6.07 Å². The normalized spacial score (nSPS) is 9.53. The van der Waals surface area contributed by atoms with Gasteiger partial charge in [-0.3, -0.25) is 9.59 Å². The number of rotatable bonds is 4. The molecule has 0 saturated carbocycles. The van der Waals surface area contributed by atoms with Gasteiger partial charge in [-0.2, -0.15) is 0 Å². The molecule has 1 rings (SSSR count). The lowest BCUT2D eigenvalue weighted by Gasteiger charge is -2.06. The molecule has 5 heteroatoms. The van der Waals surface area contributed by atoms with Crippen LogP contribution in [-0.4, -0.2) is 31.4 Å². The van der Waals surface area contributed by atoms with Crippen LogP contribution in [0.15, 0.2) is 24.3 Å². The number of benzene rings is 1. The van der Waals surface area contributed by atoms with Gasteiger partial charge in [-0.15, -0.1) is 0 Å². The van der Waals surface area contributed by atoms with Gasteiger partial charge in [0, 0.05) is 12.5 Å². The molecule has 0 atom stereocenters. The van der Waals surface area contributed by atoms with E-state index in [0.29, 0.717) is 0 Å². The minimum atomic E-state index is -0.600. The van der Waals surface area contributed by atoms with Crippen molar-refractivity contribution in [2.75, 3.05) is 13.7 Å². The van der Waals surface area contributed by atoms with E-state index in [1.807, 2.05) is 0 Å². The zero-order valence-corrected chi connectivity index (χ0v) is 9.56. The van der Waals surface area contributed by atoms with E-state index in [2.05, 4.69) is 9.47 Å². The molecule has 0 aliphatic heterocycles. The zero-order chi connectivity index (χ0) is 12.8. The number of Topliss-reactive ketones (excluding diaryl/α,β-unsaturated/α-hetero) is 1. The van der Waals surface area contributed by atoms with Gasteiger partial charge in [-0.1, -0.05) is 18.2 Å². The molecule has 1 aromatic carbocycles. The average Bonchev–Trinajstić information content (AvgIpc) is 2.34. The molecule has 0 saturated heterocycles. The molecule has 0 spiro atoms. The first-order valence-corrected chi connectivity index (χ1v) is 4.90. The first kappa shape index (κ1) is 12.9. The van der Waals surface area contributed by atoms with Crippen molar-refractivity contribution in [2.24, 2.45) is 0 Å². The zero-order valence-electron chi connectivity index (χ0n) is 9.56. The molecular weight excluding hydrogens is 224 g/mol. The quantitative estimate of drug-likeness (QED) is 0.580. The molecular formula is C12H12O5. The molecule has 0 fully saturated rings. The largest absolute Gasteiger partial charge is 0.465 e. The van der Waals surface area contributed by atoms with Crippen LogP contribution in [0.4, 0.5) is 0 Å². The van der Waals surface area contributed by atoms with Gasteiger partial charge in [-0.25, -0.2) is 4.79 Å². The Balaban J connectivity index is 2.93. The standard InChI is InChI=1S/C12H12O5/c1-8(13)17-7-11(14)9-5-3-4-6-10(9)12(15)16-2/h3-6H,7H2,1-2H3. The molecule has 5 nitrogen and oxygen atoms in total.